The zero-order valence-electron chi connectivity index (χ0n) is 9.26. The van der Waals surface area contributed by atoms with Crippen LogP contribution < -0.4 is 5.32 Å². The van der Waals surface area contributed by atoms with Crippen LogP contribution >= 0.6 is 27.5 Å². The third-order valence-corrected chi connectivity index (χ3v) is 3.33. The molecule has 1 rings (SSSR count). The molecule has 3 heteroatoms. The summed E-state index contributed by atoms with van der Waals surface area (Å²) in [5.41, 5.74) is 1.12. The van der Waals surface area contributed by atoms with Gasteiger partial charge in [-0.3, -0.25) is 0 Å². The van der Waals surface area contributed by atoms with E-state index < -0.39 is 0 Å². The average molecular weight is 301 g/mol. The molecule has 16 heavy (non-hydrogen) atoms. The Hall–Kier alpha value is -0.490. The standard InChI is InChI=1S/C13H15BrClN/c1-3-4-5-6-13(16-2)11-9-10(14)7-8-12(11)15/h1,7-9,13,16H,4-6H2,2H3. The number of benzene rings is 1. The molecular formula is C13H15BrClN. The monoisotopic (exact) mass is 299 g/mol. The Bertz CT molecular complexity index is 384. The van der Waals surface area contributed by atoms with Gasteiger partial charge in [-0.05, 0) is 43.7 Å². The first-order chi connectivity index (χ1) is 7.69. The van der Waals surface area contributed by atoms with Gasteiger partial charge < -0.3 is 5.32 Å². The fourth-order valence-corrected chi connectivity index (χ4v) is 2.27. The summed E-state index contributed by atoms with van der Waals surface area (Å²) in [6.45, 7) is 0. The molecule has 1 nitrogen and oxygen atoms in total. The fourth-order valence-electron chi connectivity index (χ4n) is 1.65. The van der Waals surface area contributed by atoms with E-state index in [0.717, 1.165) is 34.3 Å². The predicted molar refractivity (Wildman–Crippen MR) is 73.6 cm³/mol. The number of rotatable bonds is 5. The van der Waals surface area contributed by atoms with E-state index in [1.54, 1.807) is 0 Å². The molecule has 0 fully saturated rings. The minimum Gasteiger partial charge on any atom is -0.313 e. The molecule has 0 radical (unpaired) electrons. The van der Waals surface area contributed by atoms with E-state index in [1.165, 1.54) is 0 Å². The first-order valence-corrected chi connectivity index (χ1v) is 6.41. The highest BCUT2D eigenvalue weighted by atomic mass is 79.9. The zero-order valence-corrected chi connectivity index (χ0v) is 11.6. The molecule has 0 saturated heterocycles. The fraction of sp³-hybridized carbons (Fsp3) is 0.385. The van der Waals surface area contributed by atoms with Crippen molar-refractivity contribution in [1.82, 2.24) is 5.32 Å². The summed E-state index contributed by atoms with van der Waals surface area (Å²) in [5, 5.41) is 4.07. The van der Waals surface area contributed by atoms with Crippen molar-refractivity contribution in [2.45, 2.75) is 25.3 Å². The molecule has 0 heterocycles. The molecule has 0 amide bonds. The maximum absolute atomic E-state index is 6.18. The van der Waals surface area contributed by atoms with Crippen LogP contribution in [0.25, 0.3) is 0 Å². The highest BCUT2D eigenvalue weighted by Crippen LogP contribution is 2.29. The second-order valence-corrected chi connectivity index (χ2v) is 4.93. The predicted octanol–water partition coefficient (Wildman–Crippen LogP) is 4.17. The number of terminal acetylenes is 1. The Morgan fingerprint density at radius 3 is 2.94 bits per heavy atom. The van der Waals surface area contributed by atoms with E-state index in [0.29, 0.717) is 0 Å². The van der Waals surface area contributed by atoms with Crippen LogP contribution in [0.2, 0.25) is 5.02 Å². The van der Waals surface area contributed by atoms with Crippen molar-refractivity contribution in [1.29, 1.82) is 0 Å². The molecule has 0 aromatic heterocycles. The summed E-state index contributed by atoms with van der Waals surface area (Å²) < 4.78 is 1.05. The van der Waals surface area contributed by atoms with Crippen LogP contribution in [0.1, 0.15) is 30.9 Å². The van der Waals surface area contributed by atoms with Crippen molar-refractivity contribution in [3.8, 4) is 12.3 Å². The lowest BCUT2D eigenvalue weighted by Gasteiger charge is -2.17. The Labute approximate surface area is 111 Å². The molecule has 0 aliphatic heterocycles. The SMILES string of the molecule is C#CCCCC(NC)c1cc(Br)ccc1Cl. The molecule has 86 valence electrons. The zero-order chi connectivity index (χ0) is 12.0. The van der Waals surface area contributed by atoms with Crippen molar-refractivity contribution >= 4 is 27.5 Å². The van der Waals surface area contributed by atoms with Gasteiger partial charge in [0.15, 0.2) is 0 Å². The van der Waals surface area contributed by atoms with Gasteiger partial charge in [-0.1, -0.05) is 27.5 Å². The lowest BCUT2D eigenvalue weighted by molar-refractivity contribution is 0.532. The first-order valence-electron chi connectivity index (χ1n) is 5.24. The maximum Gasteiger partial charge on any atom is 0.0454 e. The molecule has 0 aliphatic carbocycles. The van der Waals surface area contributed by atoms with E-state index in [-0.39, 0.29) is 6.04 Å². The molecule has 1 atom stereocenters. The quantitative estimate of drug-likeness (QED) is 0.636. The van der Waals surface area contributed by atoms with Crippen molar-refractivity contribution in [3.63, 3.8) is 0 Å². The molecule has 1 N–H and O–H groups in total. The molecule has 0 aliphatic rings. The summed E-state index contributed by atoms with van der Waals surface area (Å²) in [6.07, 6.45) is 8.06. The van der Waals surface area contributed by atoms with Crippen LogP contribution in [0.4, 0.5) is 0 Å². The third-order valence-electron chi connectivity index (χ3n) is 2.50. The summed E-state index contributed by atoms with van der Waals surface area (Å²) in [7, 11) is 1.94. The van der Waals surface area contributed by atoms with Crippen molar-refractivity contribution < 1.29 is 0 Å². The Morgan fingerprint density at radius 2 is 2.31 bits per heavy atom. The highest BCUT2D eigenvalue weighted by molar-refractivity contribution is 9.10. The summed E-state index contributed by atoms with van der Waals surface area (Å²) in [5.74, 6) is 2.65. The van der Waals surface area contributed by atoms with Crippen LogP contribution in [-0.4, -0.2) is 7.05 Å². The smallest absolute Gasteiger partial charge is 0.0454 e. The molecule has 1 unspecified atom stereocenters. The molecule has 1 aromatic rings. The minimum absolute atomic E-state index is 0.262. The highest BCUT2D eigenvalue weighted by Gasteiger charge is 2.12. The normalized spacial score (nSPS) is 12.1. The van der Waals surface area contributed by atoms with Gasteiger partial charge in [-0.15, -0.1) is 12.3 Å². The minimum atomic E-state index is 0.262. The summed E-state index contributed by atoms with van der Waals surface area (Å²) in [4.78, 5) is 0. The van der Waals surface area contributed by atoms with Crippen molar-refractivity contribution in [2.24, 2.45) is 0 Å². The van der Waals surface area contributed by atoms with E-state index in [9.17, 15) is 0 Å². The molecule has 0 spiro atoms. The van der Waals surface area contributed by atoms with Gasteiger partial charge in [0.05, 0.1) is 0 Å². The largest absolute Gasteiger partial charge is 0.313 e. The number of unbranched alkanes of at least 4 members (excludes halogenated alkanes) is 1. The number of hydrogen-bond acceptors (Lipinski definition) is 1. The van der Waals surface area contributed by atoms with Crippen LogP contribution in [0.3, 0.4) is 0 Å². The second kappa shape index (κ2) is 6.96. The van der Waals surface area contributed by atoms with Gasteiger partial charge in [0.1, 0.15) is 0 Å². The van der Waals surface area contributed by atoms with Gasteiger partial charge in [0, 0.05) is 22.0 Å². The Kier molecular flexibility index (Phi) is 5.90. The Balaban J connectivity index is 2.78. The van der Waals surface area contributed by atoms with E-state index in [4.69, 9.17) is 18.0 Å². The van der Waals surface area contributed by atoms with E-state index in [2.05, 4.69) is 33.2 Å². The van der Waals surface area contributed by atoms with Gasteiger partial charge >= 0.3 is 0 Å². The summed E-state index contributed by atoms with van der Waals surface area (Å²) in [6, 6.07) is 6.17. The molecule has 1 aromatic carbocycles. The van der Waals surface area contributed by atoms with Crippen molar-refractivity contribution in [2.75, 3.05) is 7.05 Å². The Morgan fingerprint density at radius 1 is 1.56 bits per heavy atom. The van der Waals surface area contributed by atoms with Gasteiger partial charge in [-0.25, -0.2) is 0 Å². The molecular weight excluding hydrogens is 286 g/mol. The first kappa shape index (κ1) is 13.6. The average Bonchev–Trinajstić information content (AvgIpc) is 2.28. The van der Waals surface area contributed by atoms with E-state index >= 15 is 0 Å². The van der Waals surface area contributed by atoms with Crippen LogP contribution in [0, 0.1) is 12.3 Å². The van der Waals surface area contributed by atoms with Gasteiger partial charge in [-0.2, -0.15) is 0 Å². The maximum atomic E-state index is 6.18. The topological polar surface area (TPSA) is 12.0 Å². The van der Waals surface area contributed by atoms with Gasteiger partial charge in [0.2, 0.25) is 0 Å². The van der Waals surface area contributed by atoms with Crippen LogP contribution in [0.5, 0.6) is 0 Å². The van der Waals surface area contributed by atoms with Crippen molar-refractivity contribution in [3.05, 3.63) is 33.3 Å². The lowest BCUT2D eigenvalue weighted by Crippen LogP contribution is -2.16. The second-order valence-electron chi connectivity index (χ2n) is 3.60. The number of halogens is 2. The molecule has 0 bridgehead atoms. The third kappa shape index (κ3) is 3.83. The molecule has 0 saturated carbocycles. The summed E-state index contributed by atoms with van der Waals surface area (Å²) >= 11 is 9.64. The number of nitrogens with one attached hydrogen (secondary N) is 1. The van der Waals surface area contributed by atoms with Crippen LogP contribution in [-0.2, 0) is 0 Å². The van der Waals surface area contributed by atoms with Crippen LogP contribution in [0.15, 0.2) is 22.7 Å². The van der Waals surface area contributed by atoms with E-state index in [1.807, 2.05) is 19.2 Å². The van der Waals surface area contributed by atoms with Gasteiger partial charge in [0.25, 0.3) is 0 Å². The number of hydrogen-bond donors (Lipinski definition) is 1. The lowest BCUT2D eigenvalue weighted by atomic mass is 10.0.